The molecular formula is C21H28N2O2. The van der Waals surface area contributed by atoms with Gasteiger partial charge >= 0.3 is 0 Å². The summed E-state index contributed by atoms with van der Waals surface area (Å²) >= 11 is 0. The van der Waals surface area contributed by atoms with Crippen LogP contribution in [0.15, 0.2) is 42.7 Å². The molecular weight excluding hydrogens is 312 g/mol. The van der Waals surface area contributed by atoms with E-state index >= 15 is 0 Å². The summed E-state index contributed by atoms with van der Waals surface area (Å²) in [7, 11) is 0. The van der Waals surface area contributed by atoms with Crippen molar-refractivity contribution in [1.29, 1.82) is 0 Å². The average Bonchev–Trinajstić information content (AvgIpc) is 3.22. The Morgan fingerprint density at radius 1 is 1.04 bits per heavy atom. The fourth-order valence-electron chi connectivity index (χ4n) is 4.14. The molecule has 2 aromatic rings. The molecule has 0 spiro atoms. The van der Waals surface area contributed by atoms with Gasteiger partial charge in [-0.3, -0.25) is 4.68 Å². The van der Waals surface area contributed by atoms with Crippen molar-refractivity contribution in [2.24, 2.45) is 11.8 Å². The Morgan fingerprint density at radius 2 is 1.80 bits per heavy atom. The van der Waals surface area contributed by atoms with Crippen LogP contribution in [0.25, 0.3) is 0 Å². The molecule has 1 aromatic heterocycles. The Labute approximate surface area is 149 Å². The fraction of sp³-hybridized carbons (Fsp3) is 0.571. The molecule has 2 saturated carbocycles. The Balaban J connectivity index is 1.36. The second kappa shape index (κ2) is 7.61. The summed E-state index contributed by atoms with van der Waals surface area (Å²) in [5.41, 5.74) is 1.22. The molecule has 4 atom stereocenters. The lowest BCUT2D eigenvalue weighted by Gasteiger charge is -2.24. The van der Waals surface area contributed by atoms with E-state index in [1.54, 1.807) is 6.20 Å². The van der Waals surface area contributed by atoms with Crippen molar-refractivity contribution >= 4 is 0 Å². The zero-order valence-corrected chi connectivity index (χ0v) is 14.8. The van der Waals surface area contributed by atoms with E-state index in [0.717, 1.165) is 49.8 Å². The number of hydrogen-bond donors (Lipinski definition) is 1. The second-order valence-corrected chi connectivity index (χ2v) is 7.70. The van der Waals surface area contributed by atoms with Crippen LogP contribution in [0.2, 0.25) is 0 Å². The molecule has 1 N–H and O–H groups in total. The van der Waals surface area contributed by atoms with Crippen molar-refractivity contribution in [3.8, 4) is 5.75 Å². The van der Waals surface area contributed by atoms with Crippen LogP contribution in [0.4, 0.5) is 0 Å². The molecule has 1 heterocycles. The van der Waals surface area contributed by atoms with Crippen molar-refractivity contribution in [1.82, 2.24) is 9.78 Å². The Kier molecular flexibility index (Phi) is 5.07. The van der Waals surface area contributed by atoms with Gasteiger partial charge in [0.1, 0.15) is 6.10 Å². The van der Waals surface area contributed by atoms with Gasteiger partial charge in [0.25, 0.3) is 0 Å². The van der Waals surface area contributed by atoms with Crippen LogP contribution in [0, 0.1) is 11.8 Å². The molecule has 0 radical (unpaired) electrons. The average molecular weight is 340 g/mol. The number of fused-ring (bicyclic) bond motifs is 1. The van der Waals surface area contributed by atoms with E-state index in [0.29, 0.717) is 0 Å². The molecule has 0 aliphatic heterocycles. The van der Waals surface area contributed by atoms with Crippen LogP contribution < -0.4 is 4.74 Å². The number of benzene rings is 1. The van der Waals surface area contributed by atoms with Crippen LogP contribution in [-0.2, 0) is 6.54 Å². The minimum absolute atomic E-state index is 0.107. The molecule has 134 valence electrons. The van der Waals surface area contributed by atoms with Gasteiger partial charge < -0.3 is 9.84 Å². The number of rotatable bonds is 4. The van der Waals surface area contributed by atoms with Gasteiger partial charge in [-0.05, 0) is 43.1 Å². The first kappa shape index (κ1) is 16.6. The first-order valence-corrected chi connectivity index (χ1v) is 9.69. The lowest BCUT2D eigenvalue weighted by atomic mass is 9.97. The fourth-order valence-corrected chi connectivity index (χ4v) is 4.14. The number of ether oxygens (including phenoxy) is 1. The number of hydrogen-bond acceptors (Lipinski definition) is 3. The van der Waals surface area contributed by atoms with Gasteiger partial charge in [-0.25, -0.2) is 0 Å². The molecule has 1 aromatic carbocycles. The molecule has 25 heavy (non-hydrogen) atoms. The van der Waals surface area contributed by atoms with Crippen molar-refractivity contribution in [2.45, 2.75) is 63.7 Å². The third kappa shape index (κ3) is 4.43. The number of aliphatic hydroxyl groups is 1. The van der Waals surface area contributed by atoms with Crippen LogP contribution in [0.1, 0.15) is 50.5 Å². The van der Waals surface area contributed by atoms with Gasteiger partial charge in [0.2, 0.25) is 0 Å². The second-order valence-electron chi connectivity index (χ2n) is 7.70. The third-order valence-electron chi connectivity index (χ3n) is 5.72. The summed E-state index contributed by atoms with van der Waals surface area (Å²) in [6.45, 7) is 0.737. The van der Waals surface area contributed by atoms with Crippen LogP contribution in [-0.4, -0.2) is 27.1 Å². The molecule has 0 bridgehead atoms. The van der Waals surface area contributed by atoms with E-state index < -0.39 is 0 Å². The summed E-state index contributed by atoms with van der Waals surface area (Å²) in [5.74, 6) is 2.66. The minimum Gasteiger partial charge on any atom is -0.484 e. The number of nitrogens with zero attached hydrogens (tertiary/aromatic N) is 2. The number of aromatic nitrogens is 2. The maximum absolute atomic E-state index is 10.5. The van der Waals surface area contributed by atoms with Gasteiger partial charge in [0.05, 0.1) is 25.0 Å². The highest BCUT2D eigenvalue weighted by atomic mass is 16.5. The van der Waals surface area contributed by atoms with Crippen LogP contribution in [0.3, 0.4) is 0 Å². The lowest BCUT2D eigenvalue weighted by molar-refractivity contribution is 0.0216. The SMILES string of the molecule is OC1CCCC2CC2CCCC1Oc1cnn(Cc2ccccc2)c1. The highest BCUT2D eigenvalue weighted by Crippen LogP contribution is 2.46. The summed E-state index contributed by atoms with van der Waals surface area (Å²) < 4.78 is 8.03. The van der Waals surface area contributed by atoms with E-state index in [2.05, 4.69) is 17.2 Å². The summed E-state index contributed by atoms with van der Waals surface area (Å²) in [6, 6.07) is 10.3. The zero-order chi connectivity index (χ0) is 17.1. The Bertz CT molecular complexity index is 670. The smallest absolute Gasteiger partial charge is 0.157 e. The predicted octanol–water partition coefficient (Wildman–Crippen LogP) is 4.03. The predicted molar refractivity (Wildman–Crippen MR) is 97.5 cm³/mol. The molecule has 0 amide bonds. The Hall–Kier alpha value is -1.81. The quantitative estimate of drug-likeness (QED) is 0.914. The molecule has 4 unspecified atom stereocenters. The highest BCUT2D eigenvalue weighted by Gasteiger charge is 2.37. The summed E-state index contributed by atoms with van der Waals surface area (Å²) in [5, 5.41) is 14.9. The maximum atomic E-state index is 10.5. The van der Waals surface area contributed by atoms with E-state index in [1.165, 1.54) is 24.8 Å². The van der Waals surface area contributed by atoms with Gasteiger partial charge in [-0.1, -0.05) is 49.6 Å². The highest BCUT2D eigenvalue weighted by molar-refractivity contribution is 5.17. The largest absolute Gasteiger partial charge is 0.484 e. The van der Waals surface area contributed by atoms with E-state index in [-0.39, 0.29) is 12.2 Å². The van der Waals surface area contributed by atoms with Crippen LogP contribution in [0.5, 0.6) is 5.75 Å². The molecule has 4 nitrogen and oxygen atoms in total. The monoisotopic (exact) mass is 340 g/mol. The molecule has 4 heteroatoms. The van der Waals surface area contributed by atoms with E-state index in [9.17, 15) is 5.11 Å². The van der Waals surface area contributed by atoms with Gasteiger partial charge in [-0.15, -0.1) is 0 Å². The molecule has 0 saturated heterocycles. The molecule has 4 rings (SSSR count). The minimum atomic E-state index is -0.368. The summed E-state index contributed by atoms with van der Waals surface area (Å²) in [6.07, 6.45) is 11.3. The zero-order valence-electron chi connectivity index (χ0n) is 14.8. The van der Waals surface area contributed by atoms with Crippen molar-refractivity contribution < 1.29 is 9.84 Å². The maximum Gasteiger partial charge on any atom is 0.157 e. The van der Waals surface area contributed by atoms with E-state index in [1.807, 2.05) is 29.1 Å². The topological polar surface area (TPSA) is 47.3 Å². The van der Waals surface area contributed by atoms with Crippen LogP contribution >= 0.6 is 0 Å². The standard InChI is InChI=1S/C21H28N2O2/c24-20-10-4-8-17-12-18(17)9-5-11-21(20)25-19-13-22-23(15-19)14-16-6-2-1-3-7-16/h1-3,6-7,13,15,17-18,20-21,24H,4-5,8-12,14H2. The van der Waals surface area contributed by atoms with Crippen molar-refractivity contribution in [3.05, 3.63) is 48.3 Å². The van der Waals surface area contributed by atoms with Gasteiger partial charge in [-0.2, -0.15) is 5.10 Å². The van der Waals surface area contributed by atoms with E-state index in [4.69, 9.17) is 4.74 Å². The molecule has 2 aliphatic rings. The van der Waals surface area contributed by atoms with Gasteiger partial charge in [0.15, 0.2) is 5.75 Å². The third-order valence-corrected chi connectivity index (χ3v) is 5.72. The number of aliphatic hydroxyl groups excluding tert-OH is 1. The first-order valence-electron chi connectivity index (χ1n) is 9.69. The summed E-state index contributed by atoms with van der Waals surface area (Å²) in [4.78, 5) is 0. The molecule has 2 fully saturated rings. The Morgan fingerprint density at radius 3 is 2.60 bits per heavy atom. The lowest BCUT2D eigenvalue weighted by Crippen LogP contribution is -2.32. The first-order chi connectivity index (χ1) is 12.3. The molecule has 2 aliphatic carbocycles. The van der Waals surface area contributed by atoms with Crippen molar-refractivity contribution in [2.75, 3.05) is 0 Å². The van der Waals surface area contributed by atoms with Crippen molar-refractivity contribution in [3.63, 3.8) is 0 Å². The normalized spacial score (nSPS) is 29.6. The van der Waals surface area contributed by atoms with Gasteiger partial charge in [0, 0.05) is 0 Å².